The number of carbonyl (C=O) groups is 2. The van der Waals surface area contributed by atoms with Gasteiger partial charge in [-0.3, -0.25) is 9.59 Å². The van der Waals surface area contributed by atoms with E-state index in [1.165, 1.54) is 0 Å². The van der Waals surface area contributed by atoms with Crippen LogP contribution in [-0.4, -0.2) is 25.2 Å². The third-order valence-corrected chi connectivity index (χ3v) is 3.87. The first kappa shape index (κ1) is 21.4. The lowest BCUT2D eigenvalue weighted by Crippen LogP contribution is -2.35. The zero-order chi connectivity index (χ0) is 18.0. The van der Waals surface area contributed by atoms with Crippen molar-refractivity contribution in [2.45, 2.75) is 54.4 Å². The van der Waals surface area contributed by atoms with Gasteiger partial charge in [0.25, 0.3) is 0 Å². The van der Waals surface area contributed by atoms with Gasteiger partial charge < -0.3 is 9.47 Å². The van der Waals surface area contributed by atoms with Crippen LogP contribution in [0.1, 0.15) is 54.4 Å². The normalized spacial score (nSPS) is 14.9. The largest absolute Gasteiger partial charge is 0.466 e. The molecule has 0 aromatic carbocycles. The Morgan fingerprint density at radius 2 is 1.35 bits per heavy atom. The summed E-state index contributed by atoms with van der Waals surface area (Å²) in [4.78, 5) is 24.8. The fraction of sp³-hybridized carbons (Fsp3) is 0.833. The SMILES string of the molecule is CCOC(=O)C(CC(C)C)C(CC(C#N)C(C)C)C(=O)OCC. The van der Waals surface area contributed by atoms with Crippen molar-refractivity contribution < 1.29 is 19.1 Å². The zero-order valence-corrected chi connectivity index (χ0v) is 15.3. The van der Waals surface area contributed by atoms with E-state index in [-0.39, 0.29) is 36.9 Å². The number of carbonyl (C=O) groups excluding carboxylic acids is 2. The van der Waals surface area contributed by atoms with Crippen molar-refractivity contribution in [3.8, 4) is 6.07 Å². The second kappa shape index (κ2) is 11.0. The van der Waals surface area contributed by atoms with Crippen molar-refractivity contribution >= 4 is 11.9 Å². The highest BCUT2D eigenvalue weighted by Gasteiger charge is 2.38. The van der Waals surface area contributed by atoms with Crippen molar-refractivity contribution in [2.24, 2.45) is 29.6 Å². The van der Waals surface area contributed by atoms with Gasteiger partial charge in [0.2, 0.25) is 0 Å². The number of ether oxygens (including phenoxy) is 2. The first-order chi connectivity index (χ1) is 10.8. The topological polar surface area (TPSA) is 76.4 Å². The fourth-order valence-electron chi connectivity index (χ4n) is 2.60. The molecule has 0 aliphatic heterocycles. The van der Waals surface area contributed by atoms with Crippen molar-refractivity contribution in [1.82, 2.24) is 0 Å². The van der Waals surface area contributed by atoms with Crippen LogP contribution in [0, 0.1) is 40.9 Å². The quantitative estimate of drug-likeness (QED) is 0.574. The molecule has 0 fully saturated rings. The first-order valence-corrected chi connectivity index (χ1v) is 8.51. The maximum absolute atomic E-state index is 12.4. The van der Waals surface area contributed by atoms with Crippen LogP contribution in [0.15, 0.2) is 0 Å². The van der Waals surface area contributed by atoms with E-state index in [1.807, 2.05) is 27.7 Å². The lowest BCUT2D eigenvalue weighted by molar-refractivity contribution is -0.161. The predicted molar refractivity (Wildman–Crippen MR) is 88.3 cm³/mol. The smallest absolute Gasteiger partial charge is 0.309 e. The van der Waals surface area contributed by atoms with Crippen molar-refractivity contribution in [3.05, 3.63) is 0 Å². The summed E-state index contributed by atoms with van der Waals surface area (Å²) in [7, 11) is 0. The highest BCUT2D eigenvalue weighted by atomic mass is 16.5. The second-order valence-electron chi connectivity index (χ2n) is 6.56. The molecule has 0 aromatic rings. The summed E-state index contributed by atoms with van der Waals surface area (Å²) >= 11 is 0. The van der Waals surface area contributed by atoms with Gasteiger partial charge in [0.15, 0.2) is 0 Å². The minimum Gasteiger partial charge on any atom is -0.466 e. The third kappa shape index (κ3) is 7.49. The van der Waals surface area contributed by atoms with Crippen LogP contribution in [0.4, 0.5) is 0 Å². The molecule has 0 aliphatic rings. The van der Waals surface area contributed by atoms with Gasteiger partial charge in [-0.25, -0.2) is 0 Å². The molecule has 0 N–H and O–H groups in total. The average molecular weight is 325 g/mol. The van der Waals surface area contributed by atoms with Crippen LogP contribution >= 0.6 is 0 Å². The maximum Gasteiger partial charge on any atom is 0.309 e. The van der Waals surface area contributed by atoms with Gasteiger partial charge in [0.05, 0.1) is 31.1 Å². The van der Waals surface area contributed by atoms with E-state index >= 15 is 0 Å². The van der Waals surface area contributed by atoms with Gasteiger partial charge in [0, 0.05) is 5.92 Å². The molecule has 0 amide bonds. The van der Waals surface area contributed by atoms with Crippen LogP contribution in [0.3, 0.4) is 0 Å². The molecule has 0 saturated heterocycles. The predicted octanol–water partition coefficient (Wildman–Crippen LogP) is 3.58. The van der Waals surface area contributed by atoms with E-state index in [0.29, 0.717) is 12.8 Å². The summed E-state index contributed by atoms with van der Waals surface area (Å²) < 4.78 is 10.3. The second-order valence-corrected chi connectivity index (χ2v) is 6.56. The number of rotatable bonds is 10. The van der Waals surface area contributed by atoms with Crippen molar-refractivity contribution in [1.29, 1.82) is 5.26 Å². The van der Waals surface area contributed by atoms with Crippen molar-refractivity contribution in [2.75, 3.05) is 13.2 Å². The zero-order valence-electron chi connectivity index (χ0n) is 15.3. The van der Waals surface area contributed by atoms with Gasteiger partial charge in [-0.05, 0) is 38.5 Å². The van der Waals surface area contributed by atoms with E-state index in [4.69, 9.17) is 9.47 Å². The molecule has 0 aromatic heterocycles. The summed E-state index contributed by atoms with van der Waals surface area (Å²) in [5, 5.41) is 9.34. The Labute approximate surface area is 140 Å². The monoisotopic (exact) mass is 325 g/mol. The molecule has 5 heteroatoms. The standard InChI is InChI=1S/C18H31NO4/c1-7-22-17(20)15(9-12(3)4)16(18(21)23-8-2)10-14(11-19)13(5)6/h12-16H,7-10H2,1-6H3. The fourth-order valence-corrected chi connectivity index (χ4v) is 2.60. The Morgan fingerprint density at radius 1 is 0.913 bits per heavy atom. The van der Waals surface area contributed by atoms with Gasteiger partial charge in [-0.1, -0.05) is 27.7 Å². The molecule has 3 unspecified atom stereocenters. The minimum atomic E-state index is -0.636. The molecule has 5 nitrogen and oxygen atoms in total. The van der Waals surface area contributed by atoms with E-state index in [9.17, 15) is 14.9 Å². The third-order valence-electron chi connectivity index (χ3n) is 3.87. The van der Waals surface area contributed by atoms with E-state index in [2.05, 4.69) is 6.07 Å². The number of nitriles is 1. The molecular formula is C18H31NO4. The molecule has 3 atom stereocenters. The van der Waals surface area contributed by atoms with E-state index in [1.54, 1.807) is 13.8 Å². The lowest BCUT2D eigenvalue weighted by Gasteiger charge is -2.27. The molecule has 0 radical (unpaired) electrons. The summed E-state index contributed by atoms with van der Waals surface area (Å²) in [6.45, 7) is 11.9. The molecule has 0 aliphatic carbocycles. The summed E-state index contributed by atoms with van der Waals surface area (Å²) in [6.07, 6.45) is 0.863. The summed E-state index contributed by atoms with van der Waals surface area (Å²) in [6, 6.07) is 2.25. The molecule has 23 heavy (non-hydrogen) atoms. The molecule has 0 spiro atoms. The number of esters is 2. The number of hydrogen-bond donors (Lipinski definition) is 0. The van der Waals surface area contributed by atoms with Gasteiger partial charge in [-0.2, -0.15) is 5.26 Å². The minimum absolute atomic E-state index is 0.110. The van der Waals surface area contributed by atoms with Crippen LogP contribution in [-0.2, 0) is 19.1 Å². The van der Waals surface area contributed by atoms with E-state index < -0.39 is 17.8 Å². The van der Waals surface area contributed by atoms with E-state index in [0.717, 1.165) is 0 Å². The van der Waals surface area contributed by atoms with Crippen LogP contribution in [0.5, 0.6) is 0 Å². The first-order valence-electron chi connectivity index (χ1n) is 8.51. The average Bonchev–Trinajstić information content (AvgIpc) is 2.46. The Kier molecular flexibility index (Phi) is 10.3. The molecule has 0 bridgehead atoms. The molecule has 0 rings (SSSR count). The highest BCUT2D eigenvalue weighted by molar-refractivity contribution is 5.82. The molecule has 132 valence electrons. The van der Waals surface area contributed by atoms with Gasteiger partial charge >= 0.3 is 11.9 Å². The highest BCUT2D eigenvalue weighted by Crippen LogP contribution is 2.31. The Balaban J connectivity index is 5.49. The van der Waals surface area contributed by atoms with Crippen LogP contribution in [0.25, 0.3) is 0 Å². The molecule has 0 heterocycles. The number of hydrogen-bond acceptors (Lipinski definition) is 5. The Bertz CT molecular complexity index is 412. The Hall–Kier alpha value is -1.57. The summed E-state index contributed by atoms with van der Waals surface area (Å²) in [5.41, 5.74) is 0. The maximum atomic E-state index is 12.4. The van der Waals surface area contributed by atoms with Crippen LogP contribution in [0.2, 0.25) is 0 Å². The van der Waals surface area contributed by atoms with Gasteiger partial charge in [0.1, 0.15) is 0 Å². The Morgan fingerprint density at radius 3 is 1.65 bits per heavy atom. The number of nitrogens with zero attached hydrogens (tertiary/aromatic N) is 1. The molecular weight excluding hydrogens is 294 g/mol. The van der Waals surface area contributed by atoms with Crippen molar-refractivity contribution in [3.63, 3.8) is 0 Å². The van der Waals surface area contributed by atoms with Gasteiger partial charge in [-0.15, -0.1) is 0 Å². The molecule has 0 saturated carbocycles. The lowest BCUT2D eigenvalue weighted by atomic mass is 9.78. The van der Waals surface area contributed by atoms with Crippen LogP contribution < -0.4 is 0 Å². The summed E-state index contributed by atoms with van der Waals surface area (Å²) in [5.74, 6) is -1.94.